The highest BCUT2D eigenvalue weighted by molar-refractivity contribution is 5.99. The average molecular weight is 250 g/mol. The molecule has 0 radical (unpaired) electrons. The third-order valence-electron chi connectivity index (χ3n) is 2.89. The number of anilines is 1. The zero-order valence-corrected chi connectivity index (χ0v) is 10.7. The van der Waals surface area contributed by atoms with Crippen LogP contribution in [0.2, 0.25) is 0 Å². The summed E-state index contributed by atoms with van der Waals surface area (Å²) < 4.78 is 11.1. The molecule has 0 spiro atoms. The first-order chi connectivity index (χ1) is 8.63. The Morgan fingerprint density at radius 1 is 1.50 bits per heavy atom. The lowest BCUT2D eigenvalue weighted by Gasteiger charge is -2.30. The van der Waals surface area contributed by atoms with E-state index in [-0.39, 0.29) is 5.91 Å². The van der Waals surface area contributed by atoms with Gasteiger partial charge in [0.2, 0.25) is 0 Å². The molecule has 0 aliphatic carbocycles. The van der Waals surface area contributed by atoms with Crippen molar-refractivity contribution in [3.05, 3.63) is 18.2 Å². The summed E-state index contributed by atoms with van der Waals surface area (Å²) >= 11 is 0. The first-order valence-corrected chi connectivity index (χ1v) is 6.04. The number of fused-ring (bicyclic) bond motifs is 1. The highest BCUT2D eigenvalue weighted by Gasteiger charge is 2.28. The van der Waals surface area contributed by atoms with E-state index in [4.69, 9.17) is 15.2 Å². The molecular formula is C13H18N2O3. The molecule has 1 amide bonds. The summed E-state index contributed by atoms with van der Waals surface area (Å²) in [5.41, 5.74) is 6.15. The largest absolute Gasteiger partial charge is 0.493 e. The number of hydrogen-bond acceptors (Lipinski definition) is 4. The molecule has 0 fully saturated rings. The molecule has 1 unspecified atom stereocenters. The van der Waals surface area contributed by atoms with Gasteiger partial charge in [-0.15, -0.1) is 0 Å². The zero-order valence-electron chi connectivity index (χ0n) is 10.7. The van der Waals surface area contributed by atoms with Crippen LogP contribution in [0.1, 0.15) is 13.3 Å². The van der Waals surface area contributed by atoms with Crippen LogP contribution in [0.15, 0.2) is 18.2 Å². The Morgan fingerprint density at radius 2 is 2.28 bits per heavy atom. The van der Waals surface area contributed by atoms with Gasteiger partial charge in [0.15, 0.2) is 6.10 Å². The highest BCUT2D eigenvalue weighted by atomic mass is 16.5. The summed E-state index contributed by atoms with van der Waals surface area (Å²) in [4.78, 5) is 13.4. The van der Waals surface area contributed by atoms with Crippen molar-refractivity contribution in [2.75, 3.05) is 25.1 Å². The summed E-state index contributed by atoms with van der Waals surface area (Å²) in [6.07, 6.45) is 0.367. The molecule has 1 heterocycles. The predicted molar refractivity (Wildman–Crippen MR) is 69.1 cm³/mol. The second-order valence-electron chi connectivity index (χ2n) is 4.28. The summed E-state index contributed by atoms with van der Waals surface area (Å²) in [5.74, 6) is 1.37. The van der Waals surface area contributed by atoms with Gasteiger partial charge in [-0.25, -0.2) is 0 Å². The number of carbonyl (C=O) groups is 1. The van der Waals surface area contributed by atoms with Crippen LogP contribution in [0.25, 0.3) is 0 Å². The molecule has 2 N–H and O–H groups in total. The molecule has 0 saturated heterocycles. The number of ether oxygens (including phenoxy) is 2. The number of benzene rings is 1. The maximum Gasteiger partial charge on any atom is 0.267 e. The van der Waals surface area contributed by atoms with E-state index in [0.29, 0.717) is 18.9 Å². The van der Waals surface area contributed by atoms with Gasteiger partial charge < -0.3 is 20.1 Å². The Kier molecular flexibility index (Phi) is 3.72. The van der Waals surface area contributed by atoms with E-state index >= 15 is 0 Å². The minimum absolute atomic E-state index is 0.0541. The molecule has 2 rings (SSSR count). The molecule has 5 nitrogen and oxygen atoms in total. The fraction of sp³-hybridized carbons (Fsp3) is 0.462. The molecule has 5 heteroatoms. The summed E-state index contributed by atoms with van der Waals surface area (Å²) in [6, 6.07) is 5.48. The smallest absolute Gasteiger partial charge is 0.267 e. The third kappa shape index (κ3) is 2.41. The van der Waals surface area contributed by atoms with Gasteiger partial charge in [0.25, 0.3) is 5.91 Å². The Balaban J connectivity index is 2.18. The Bertz CT molecular complexity index is 448. The number of amides is 1. The van der Waals surface area contributed by atoms with Crippen molar-refractivity contribution >= 4 is 11.6 Å². The van der Waals surface area contributed by atoms with Crippen LogP contribution >= 0.6 is 0 Å². The van der Waals surface area contributed by atoms with Crippen LogP contribution in [-0.2, 0) is 4.79 Å². The fourth-order valence-corrected chi connectivity index (χ4v) is 1.85. The summed E-state index contributed by atoms with van der Waals surface area (Å²) in [6.45, 7) is 2.92. The van der Waals surface area contributed by atoms with Gasteiger partial charge in [-0.3, -0.25) is 4.79 Å². The highest BCUT2D eigenvalue weighted by Crippen LogP contribution is 2.36. The molecule has 98 valence electrons. The van der Waals surface area contributed by atoms with Crippen LogP contribution < -0.4 is 20.1 Å². The lowest BCUT2D eigenvalue weighted by Crippen LogP contribution is -2.41. The van der Waals surface area contributed by atoms with E-state index in [9.17, 15) is 4.79 Å². The van der Waals surface area contributed by atoms with Gasteiger partial charge >= 0.3 is 0 Å². The van der Waals surface area contributed by atoms with Crippen LogP contribution in [0.4, 0.5) is 5.69 Å². The number of hydrogen-bond donors (Lipinski definition) is 1. The van der Waals surface area contributed by atoms with Gasteiger partial charge in [-0.2, -0.15) is 0 Å². The molecule has 18 heavy (non-hydrogen) atoms. The van der Waals surface area contributed by atoms with Gasteiger partial charge in [0, 0.05) is 13.1 Å². The number of nitrogens with zero attached hydrogens (tertiary/aromatic N) is 1. The number of likely N-dealkylation sites (N-methyl/N-ethyl adjacent to an activating group) is 1. The quantitative estimate of drug-likeness (QED) is 0.814. The molecule has 1 aromatic rings. The molecule has 1 aliphatic rings. The number of rotatable bonds is 4. The Hall–Kier alpha value is -1.75. The second kappa shape index (κ2) is 5.27. The van der Waals surface area contributed by atoms with Crippen molar-refractivity contribution in [1.29, 1.82) is 0 Å². The maximum absolute atomic E-state index is 11.8. The minimum Gasteiger partial charge on any atom is -0.493 e. The van der Waals surface area contributed by atoms with Crippen LogP contribution in [0.3, 0.4) is 0 Å². The Labute approximate surface area is 106 Å². The normalized spacial score (nSPS) is 18.3. The van der Waals surface area contributed by atoms with Crippen LogP contribution in [-0.4, -0.2) is 32.2 Å². The molecule has 1 aliphatic heterocycles. The lowest BCUT2D eigenvalue weighted by molar-refractivity contribution is -0.125. The molecular weight excluding hydrogens is 232 g/mol. The summed E-state index contributed by atoms with van der Waals surface area (Å²) in [7, 11) is 1.74. The molecule has 0 saturated carbocycles. The van der Waals surface area contributed by atoms with E-state index in [1.54, 1.807) is 18.9 Å². The van der Waals surface area contributed by atoms with Crippen molar-refractivity contribution in [2.45, 2.75) is 19.4 Å². The Morgan fingerprint density at radius 3 is 3.00 bits per heavy atom. The van der Waals surface area contributed by atoms with Gasteiger partial charge in [-0.05, 0) is 32.0 Å². The molecule has 1 atom stereocenters. The predicted octanol–water partition coefficient (Wildman–Crippen LogP) is 1.16. The van der Waals surface area contributed by atoms with Crippen molar-refractivity contribution in [3.8, 4) is 11.5 Å². The monoisotopic (exact) mass is 250 g/mol. The van der Waals surface area contributed by atoms with Crippen molar-refractivity contribution in [2.24, 2.45) is 5.73 Å². The van der Waals surface area contributed by atoms with Crippen molar-refractivity contribution < 1.29 is 14.3 Å². The van der Waals surface area contributed by atoms with Crippen LogP contribution in [0.5, 0.6) is 11.5 Å². The van der Waals surface area contributed by atoms with Gasteiger partial charge in [0.1, 0.15) is 11.5 Å². The van der Waals surface area contributed by atoms with E-state index in [1.165, 1.54) is 0 Å². The van der Waals surface area contributed by atoms with E-state index in [1.807, 2.05) is 18.2 Å². The van der Waals surface area contributed by atoms with E-state index in [0.717, 1.165) is 17.9 Å². The van der Waals surface area contributed by atoms with Crippen LogP contribution in [0, 0.1) is 0 Å². The number of nitrogens with two attached hydrogens (primary N) is 1. The van der Waals surface area contributed by atoms with Crippen molar-refractivity contribution in [3.63, 3.8) is 0 Å². The standard InChI is InChI=1S/C13H18N2O3/c1-9-13(16)15(2)11-8-10(17-7-3-6-14)4-5-12(11)18-9/h4-5,8-9H,3,6-7,14H2,1-2H3. The van der Waals surface area contributed by atoms with Gasteiger partial charge in [0.05, 0.1) is 12.3 Å². The first-order valence-electron chi connectivity index (χ1n) is 6.04. The average Bonchev–Trinajstić information content (AvgIpc) is 2.37. The van der Waals surface area contributed by atoms with Crippen molar-refractivity contribution in [1.82, 2.24) is 0 Å². The van der Waals surface area contributed by atoms with Gasteiger partial charge in [-0.1, -0.05) is 0 Å². The molecule has 0 bridgehead atoms. The zero-order chi connectivity index (χ0) is 13.1. The maximum atomic E-state index is 11.8. The topological polar surface area (TPSA) is 64.8 Å². The first kappa shape index (κ1) is 12.7. The number of carbonyl (C=O) groups excluding carboxylic acids is 1. The minimum atomic E-state index is -0.438. The fourth-order valence-electron chi connectivity index (χ4n) is 1.85. The van der Waals surface area contributed by atoms with E-state index in [2.05, 4.69) is 0 Å². The third-order valence-corrected chi connectivity index (χ3v) is 2.89. The molecule has 0 aromatic heterocycles. The lowest BCUT2D eigenvalue weighted by atomic mass is 10.2. The molecule has 1 aromatic carbocycles. The second-order valence-corrected chi connectivity index (χ2v) is 4.28. The van der Waals surface area contributed by atoms with E-state index < -0.39 is 6.10 Å². The SMILES string of the molecule is CC1Oc2ccc(OCCCN)cc2N(C)C1=O. The summed E-state index contributed by atoms with van der Waals surface area (Å²) in [5, 5.41) is 0.